The van der Waals surface area contributed by atoms with Gasteiger partial charge in [0.1, 0.15) is 5.82 Å². The minimum absolute atomic E-state index is 0.143. The van der Waals surface area contributed by atoms with Crippen molar-refractivity contribution >= 4 is 5.91 Å². The van der Waals surface area contributed by atoms with E-state index in [4.69, 9.17) is 0 Å². The van der Waals surface area contributed by atoms with Gasteiger partial charge in [-0.1, -0.05) is 12.1 Å². The fourth-order valence-electron chi connectivity index (χ4n) is 2.96. The van der Waals surface area contributed by atoms with Gasteiger partial charge in [-0.15, -0.1) is 0 Å². The van der Waals surface area contributed by atoms with Gasteiger partial charge in [-0.3, -0.25) is 9.48 Å². The van der Waals surface area contributed by atoms with Crippen molar-refractivity contribution in [2.75, 3.05) is 0 Å². The van der Waals surface area contributed by atoms with E-state index in [-0.39, 0.29) is 17.3 Å². The highest BCUT2D eigenvalue weighted by Gasteiger charge is 2.18. The van der Waals surface area contributed by atoms with Gasteiger partial charge in [0.05, 0.1) is 5.69 Å². The molecule has 3 aromatic rings. The Hall–Kier alpha value is -2.95. The van der Waals surface area contributed by atoms with Gasteiger partial charge in [0.25, 0.3) is 5.91 Å². The molecular weight excluding hydrogens is 341 g/mol. The molecule has 0 aliphatic carbocycles. The van der Waals surface area contributed by atoms with Gasteiger partial charge in [0.2, 0.25) is 0 Å². The highest BCUT2D eigenvalue weighted by Crippen LogP contribution is 2.29. The number of aromatic nitrogens is 2. The molecule has 1 N–H and O–H groups in total. The number of halogens is 1. The summed E-state index contributed by atoms with van der Waals surface area (Å²) < 4.78 is 15.2. The van der Waals surface area contributed by atoms with E-state index in [9.17, 15) is 9.18 Å². The van der Waals surface area contributed by atoms with Gasteiger partial charge in [-0.2, -0.15) is 5.10 Å². The summed E-state index contributed by atoms with van der Waals surface area (Å²) in [5.41, 5.74) is 3.77. The number of nitrogens with zero attached hydrogens (tertiary/aromatic N) is 2. The largest absolute Gasteiger partial charge is 0.347 e. The number of amides is 1. The molecule has 0 saturated heterocycles. The lowest BCUT2D eigenvalue weighted by atomic mass is 9.97. The third-order valence-electron chi connectivity index (χ3n) is 4.17. The molecule has 0 aliphatic rings. The maximum Gasteiger partial charge on any atom is 0.251 e. The Kier molecular flexibility index (Phi) is 5.13. The zero-order valence-electron chi connectivity index (χ0n) is 16.1. The smallest absolute Gasteiger partial charge is 0.251 e. The van der Waals surface area contributed by atoms with Gasteiger partial charge in [0, 0.05) is 29.4 Å². The second-order valence-electron chi connectivity index (χ2n) is 7.54. The second kappa shape index (κ2) is 7.35. The van der Waals surface area contributed by atoms with Crippen LogP contribution in [0.15, 0.2) is 54.7 Å². The first-order valence-corrected chi connectivity index (χ1v) is 9.02. The van der Waals surface area contributed by atoms with Crippen molar-refractivity contribution in [3.63, 3.8) is 0 Å². The molecule has 0 radical (unpaired) electrons. The molecule has 0 saturated carbocycles. The number of benzene rings is 2. The van der Waals surface area contributed by atoms with Crippen molar-refractivity contribution in [1.29, 1.82) is 0 Å². The quantitative estimate of drug-likeness (QED) is 0.714. The van der Waals surface area contributed by atoms with E-state index in [0.29, 0.717) is 5.56 Å². The lowest BCUT2D eigenvalue weighted by Crippen LogP contribution is -2.40. The Morgan fingerprint density at radius 2 is 1.70 bits per heavy atom. The lowest BCUT2D eigenvalue weighted by molar-refractivity contribution is 0.0919. The monoisotopic (exact) mass is 365 g/mol. The minimum atomic E-state index is -0.339. The van der Waals surface area contributed by atoms with E-state index in [1.807, 2.05) is 56.6 Å². The summed E-state index contributed by atoms with van der Waals surface area (Å²) in [5.74, 6) is -0.431. The van der Waals surface area contributed by atoms with Crippen LogP contribution < -0.4 is 5.32 Å². The highest BCUT2D eigenvalue weighted by molar-refractivity contribution is 5.97. The van der Waals surface area contributed by atoms with Crippen LogP contribution in [0.1, 0.15) is 38.1 Å². The van der Waals surface area contributed by atoms with Crippen LogP contribution >= 0.6 is 0 Å². The summed E-state index contributed by atoms with van der Waals surface area (Å²) in [6, 6.07) is 13.9. The number of aryl methyl sites for hydroxylation is 1. The molecule has 1 aromatic heterocycles. The fourth-order valence-corrected chi connectivity index (χ4v) is 2.96. The predicted molar refractivity (Wildman–Crippen MR) is 106 cm³/mol. The maximum atomic E-state index is 13.3. The van der Waals surface area contributed by atoms with Crippen LogP contribution in [0.4, 0.5) is 4.39 Å². The second-order valence-corrected chi connectivity index (χ2v) is 7.54. The summed E-state index contributed by atoms with van der Waals surface area (Å²) in [4.78, 5) is 12.8. The number of rotatable bonds is 4. The average Bonchev–Trinajstić information content (AvgIpc) is 3.09. The lowest BCUT2D eigenvalue weighted by Gasteiger charge is -2.21. The first-order chi connectivity index (χ1) is 12.8. The van der Waals surface area contributed by atoms with Crippen molar-refractivity contribution in [3.8, 4) is 22.4 Å². The first-order valence-electron chi connectivity index (χ1n) is 9.02. The molecule has 0 atom stereocenters. The van der Waals surface area contributed by atoms with E-state index < -0.39 is 0 Å². The molecule has 0 aliphatic heterocycles. The average molecular weight is 365 g/mol. The number of hydrogen-bond donors (Lipinski definition) is 1. The Balaban J connectivity index is 2.13. The zero-order valence-corrected chi connectivity index (χ0v) is 16.1. The first kappa shape index (κ1) is 18.8. The van der Waals surface area contributed by atoms with Gasteiger partial charge < -0.3 is 5.32 Å². The molecular formula is C22H24FN3O. The van der Waals surface area contributed by atoms with Gasteiger partial charge >= 0.3 is 0 Å². The van der Waals surface area contributed by atoms with Crippen molar-refractivity contribution in [1.82, 2.24) is 15.1 Å². The number of hydrogen-bond acceptors (Lipinski definition) is 2. The standard InChI is InChI=1S/C22H24FN3O/c1-5-26-20(10-11-24-26)17-12-16(15-6-8-19(23)9-7-15)13-18(14-17)21(27)25-22(2,3)4/h6-14H,5H2,1-4H3,(H,25,27). The van der Waals surface area contributed by atoms with E-state index in [1.54, 1.807) is 18.3 Å². The predicted octanol–water partition coefficient (Wildman–Crippen LogP) is 4.90. The van der Waals surface area contributed by atoms with Crippen molar-refractivity contribution in [2.45, 2.75) is 39.8 Å². The summed E-state index contributed by atoms with van der Waals surface area (Å²) in [6.07, 6.45) is 1.75. The molecule has 0 fully saturated rings. The molecule has 0 bridgehead atoms. The molecule has 0 spiro atoms. The molecule has 2 aromatic carbocycles. The Labute approximate surface area is 159 Å². The summed E-state index contributed by atoms with van der Waals surface area (Å²) in [6.45, 7) is 8.59. The van der Waals surface area contributed by atoms with Gasteiger partial charge in [0.15, 0.2) is 0 Å². The molecule has 1 amide bonds. The molecule has 5 heteroatoms. The summed E-state index contributed by atoms with van der Waals surface area (Å²) in [5, 5.41) is 7.33. The zero-order chi connectivity index (χ0) is 19.6. The Morgan fingerprint density at radius 3 is 2.33 bits per heavy atom. The van der Waals surface area contributed by atoms with E-state index >= 15 is 0 Å². The summed E-state index contributed by atoms with van der Waals surface area (Å²) in [7, 11) is 0. The van der Waals surface area contributed by atoms with E-state index in [0.717, 1.165) is 28.9 Å². The van der Waals surface area contributed by atoms with Crippen LogP contribution in [-0.2, 0) is 6.54 Å². The van der Waals surface area contributed by atoms with Crippen molar-refractivity contribution in [3.05, 3.63) is 66.1 Å². The van der Waals surface area contributed by atoms with Crippen LogP contribution in [0.2, 0.25) is 0 Å². The van der Waals surface area contributed by atoms with Crippen LogP contribution in [0, 0.1) is 5.82 Å². The van der Waals surface area contributed by atoms with Crippen molar-refractivity contribution < 1.29 is 9.18 Å². The minimum Gasteiger partial charge on any atom is -0.347 e. The SMILES string of the molecule is CCn1nccc1-c1cc(C(=O)NC(C)(C)C)cc(-c2ccc(F)cc2)c1. The number of nitrogens with one attached hydrogen (secondary N) is 1. The van der Waals surface area contributed by atoms with Gasteiger partial charge in [-0.25, -0.2) is 4.39 Å². The number of carbonyl (C=O) groups excluding carboxylic acids is 1. The fraction of sp³-hybridized carbons (Fsp3) is 0.273. The molecule has 0 unspecified atom stereocenters. The molecule has 4 nitrogen and oxygen atoms in total. The van der Waals surface area contributed by atoms with E-state index in [2.05, 4.69) is 10.4 Å². The Bertz CT molecular complexity index is 952. The van der Waals surface area contributed by atoms with Crippen LogP contribution in [0.3, 0.4) is 0 Å². The van der Waals surface area contributed by atoms with E-state index in [1.165, 1.54) is 12.1 Å². The molecule has 1 heterocycles. The molecule has 27 heavy (non-hydrogen) atoms. The third kappa shape index (κ3) is 4.42. The molecule has 140 valence electrons. The van der Waals surface area contributed by atoms with Crippen molar-refractivity contribution in [2.24, 2.45) is 0 Å². The topological polar surface area (TPSA) is 46.9 Å². The van der Waals surface area contributed by atoms with Crippen LogP contribution in [0.5, 0.6) is 0 Å². The third-order valence-corrected chi connectivity index (χ3v) is 4.17. The number of carbonyl (C=O) groups is 1. The Morgan fingerprint density at radius 1 is 1.04 bits per heavy atom. The van der Waals surface area contributed by atoms with Crippen LogP contribution in [-0.4, -0.2) is 21.2 Å². The van der Waals surface area contributed by atoms with Gasteiger partial charge in [-0.05, 0) is 75.2 Å². The normalized spacial score (nSPS) is 11.4. The summed E-state index contributed by atoms with van der Waals surface area (Å²) >= 11 is 0. The molecule has 3 rings (SSSR count). The maximum absolute atomic E-state index is 13.3. The van der Waals surface area contributed by atoms with Crippen LogP contribution in [0.25, 0.3) is 22.4 Å². The highest BCUT2D eigenvalue weighted by atomic mass is 19.1.